The number of ether oxygens (including phenoxy) is 2. The molecule has 18 heavy (non-hydrogen) atoms. The molecule has 2 atom stereocenters. The summed E-state index contributed by atoms with van der Waals surface area (Å²) in [7, 11) is 1.69. The molecule has 0 aromatic rings. The molecule has 2 heterocycles. The van der Waals surface area contributed by atoms with Crippen molar-refractivity contribution in [1.29, 1.82) is 0 Å². The first-order chi connectivity index (χ1) is 8.79. The molecule has 2 unspecified atom stereocenters. The second-order valence-electron chi connectivity index (χ2n) is 4.80. The summed E-state index contributed by atoms with van der Waals surface area (Å²) in [5, 5.41) is 6.15. The molecule has 2 aliphatic rings. The van der Waals surface area contributed by atoms with E-state index in [-0.39, 0.29) is 18.1 Å². The highest BCUT2D eigenvalue weighted by molar-refractivity contribution is 5.82. The molecule has 2 fully saturated rings. The zero-order valence-electron chi connectivity index (χ0n) is 11.0. The Hall–Kier alpha value is -0.690. The zero-order valence-corrected chi connectivity index (χ0v) is 11.0. The van der Waals surface area contributed by atoms with Crippen molar-refractivity contribution in [3.8, 4) is 0 Å². The number of morpholine rings is 1. The maximum atomic E-state index is 11.9. The van der Waals surface area contributed by atoms with Gasteiger partial charge in [0.15, 0.2) is 0 Å². The number of nitrogens with zero attached hydrogens (tertiary/aromatic N) is 1. The molecule has 6 heteroatoms. The first-order valence-corrected chi connectivity index (χ1v) is 6.63. The summed E-state index contributed by atoms with van der Waals surface area (Å²) in [6.45, 7) is 5.89. The lowest BCUT2D eigenvalue weighted by atomic mass is 10.2. The fourth-order valence-electron chi connectivity index (χ4n) is 2.37. The highest BCUT2D eigenvalue weighted by Crippen LogP contribution is 2.09. The molecular formula is C12H23N3O3. The fourth-order valence-corrected chi connectivity index (χ4v) is 2.37. The van der Waals surface area contributed by atoms with Crippen LogP contribution < -0.4 is 10.6 Å². The van der Waals surface area contributed by atoms with E-state index < -0.39 is 0 Å². The molecule has 0 radical (unpaired) electrons. The average molecular weight is 257 g/mol. The van der Waals surface area contributed by atoms with Crippen LogP contribution in [0.25, 0.3) is 0 Å². The van der Waals surface area contributed by atoms with E-state index in [0.29, 0.717) is 6.54 Å². The maximum absolute atomic E-state index is 11.9. The quantitative estimate of drug-likeness (QED) is 0.648. The molecule has 2 N–H and O–H groups in total. The second-order valence-corrected chi connectivity index (χ2v) is 4.80. The van der Waals surface area contributed by atoms with Crippen molar-refractivity contribution in [1.82, 2.24) is 15.5 Å². The van der Waals surface area contributed by atoms with Gasteiger partial charge in [-0.15, -0.1) is 0 Å². The Kier molecular flexibility index (Phi) is 5.37. The van der Waals surface area contributed by atoms with Crippen LogP contribution in [-0.4, -0.2) is 76.0 Å². The van der Waals surface area contributed by atoms with E-state index in [1.165, 1.54) is 0 Å². The molecule has 2 aliphatic heterocycles. The molecule has 1 amide bonds. The topological polar surface area (TPSA) is 62.8 Å². The molecule has 6 nitrogen and oxygen atoms in total. The molecule has 0 spiro atoms. The monoisotopic (exact) mass is 257 g/mol. The SMILES string of the molecule is COC1CNC(C(=O)NCCN2CCOCC2)C1. The summed E-state index contributed by atoms with van der Waals surface area (Å²) in [4.78, 5) is 14.2. The molecule has 0 aliphatic carbocycles. The Labute approximate surface area is 108 Å². The van der Waals surface area contributed by atoms with Crippen LogP contribution in [0, 0.1) is 0 Å². The summed E-state index contributed by atoms with van der Waals surface area (Å²) in [5.41, 5.74) is 0. The molecule has 0 saturated carbocycles. The summed E-state index contributed by atoms with van der Waals surface area (Å²) >= 11 is 0. The van der Waals surface area contributed by atoms with Crippen molar-refractivity contribution in [2.45, 2.75) is 18.6 Å². The number of amides is 1. The number of hydrogen-bond donors (Lipinski definition) is 2. The Morgan fingerprint density at radius 1 is 1.50 bits per heavy atom. The lowest BCUT2D eigenvalue weighted by Crippen LogP contribution is -2.45. The van der Waals surface area contributed by atoms with Gasteiger partial charge in [0.25, 0.3) is 0 Å². The number of nitrogens with one attached hydrogen (secondary N) is 2. The zero-order chi connectivity index (χ0) is 12.8. The van der Waals surface area contributed by atoms with E-state index in [1.54, 1.807) is 7.11 Å². The van der Waals surface area contributed by atoms with E-state index in [9.17, 15) is 4.79 Å². The van der Waals surface area contributed by atoms with Crippen molar-refractivity contribution in [2.75, 3.05) is 53.0 Å². The average Bonchev–Trinajstić information content (AvgIpc) is 2.89. The van der Waals surface area contributed by atoms with Gasteiger partial charge in [-0.05, 0) is 6.42 Å². The van der Waals surface area contributed by atoms with Gasteiger partial charge in [0.2, 0.25) is 5.91 Å². The minimum atomic E-state index is -0.0976. The molecule has 104 valence electrons. The number of rotatable bonds is 5. The number of hydrogen-bond acceptors (Lipinski definition) is 5. The van der Waals surface area contributed by atoms with Crippen LogP contribution in [0.15, 0.2) is 0 Å². The van der Waals surface area contributed by atoms with Gasteiger partial charge in [-0.2, -0.15) is 0 Å². The highest BCUT2D eigenvalue weighted by Gasteiger charge is 2.28. The van der Waals surface area contributed by atoms with E-state index in [0.717, 1.165) is 45.8 Å². The third kappa shape index (κ3) is 3.91. The van der Waals surface area contributed by atoms with Crippen molar-refractivity contribution < 1.29 is 14.3 Å². The molecule has 0 bridgehead atoms. The third-order valence-corrected chi connectivity index (χ3v) is 3.57. The molecule has 0 aromatic heterocycles. The minimum absolute atomic E-state index is 0.0859. The lowest BCUT2D eigenvalue weighted by Gasteiger charge is -2.26. The smallest absolute Gasteiger partial charge is 0.237 e. The van der Waals surface area contributed by atoms with Gasteiger partial charge in [0, 0.05) is 39.8 Å². The lowest BCUT2D eigenvalue weighted by molar-refractivity contribution is -0.123. The van der Waals surface area contributed by atoms with Gasteiger partial charge in [-0.3, -0.25) is 9.69 Å². The largest absolute Gasteiger partial charge is 0.380 e. The van der Waals surface area contributed by atoms with Gasteiger partial charge in [-0.25, -0.2) is 0 Å². The Balaban J connectivity index is 1.60. The van der Waals surface area contributed by atoms with E-state index >= 15 is 0 Å². The van der Waals surface area contributed by atoms with Crippen molar-refractivity contribution in [2.24, 2.45) is 0 Å². The van der Waals surface area contributed by atoms with Crippen LogP contribution in [0.3, 0.4) is 0 Å². The number of carbonyl (C=O) groups excluding carboxylic acids is 1. The van der Waals surface area contributed by atoms with Gasteiger partial charge in [-0.1, -0.05) is 0 Å². The standard InChI is InChI=1S/C12H23N3O3/c1-17-10-8-11(14-9-10)12(16)13-2-3-15-4-6-18-7-5-15/h10-11,14H,2-9H2,1H3,(H,13,16). The fraction of sp³-hybridized carbons (Fsp3) is 0.917. The van der Waals surface area contributed by atoms with Crippen molar-refractivity contribution in [3.05, 3.63) is 0 Å². The molecular weight excluding hydrogens is 234 g/mol. The summed E-state index contributed by atoms with van der Waals surface area (Å²) in [5.74, 6) is 0.0859. The van der Waals surface area contributed by atoms with Crippen LogP contribution in [0.2, 0.25) is 0 Å². The summed E-state index contributed by atoms with van der Waals surface area (Å²) in [6.07, 6.45) is 0.930. The number of methoxy groups -OCH3 is 1. The Morgan fingerprint density at radius 2 is 2.28 bits per heavy atom. The van der Waals surface area contributed by atoms with Crippen LogP contribution >= 0.6 is 0 Å². The Bertz CT molecular complexity index is 269. The Morgan fingerprint density at radius 3 is 2.94 bits per heavy atom. The normalized spacial score (nSPS) is 29.4. The van der Waals surface area contributed by atoms with Crippen LogP contribution in [0.1, 0.15) is 6.42 Å². The van der Waals surface area contributed by atoms with Crippen LogP contribution in [0.4, 0.5) is 0 Å². The third-order valence-electron chi connectivity index (χ3n) is 3.57. The van der Waals surface area contributed by atoms with Crippen molar-refractivity contribution in [3.63, 3.8) is 0 Å². The second kappa shape index (κ2) is 7.04. The molecule has 0 aromatic carbocycles. The van der Waals surface area contributed by atoms with Crippen LogP contribution in [0.5, 0.6) is 0 Å². The van der Waals surface area contributed by atoms with Crippen molar-refractivity contribution >= 4 is 5.91 Å². The van der Waals surface area contributed by atoms with Gasteiger partial charge >= 0.3 is 0 Å². The minimum Gasteiger partial charge on any atom is -0.380 e. The van der Waals surface area contributed by atoms with Gasteiger partial charge in [0.05, 0.1) is 25.4 Å². The predicted octanol–water partition coefficient (Wildman–Crippen LogP) is -1.19. The maximum Gasteiger partial charge on any atom is 0.237 e. The summed E-state index contributed by atoms with van der Waals surface area (Å²) < 4.78 is 10.5. The predicted molar refractivity (Wildman–Crippen MR) is 67.5 cm³/mol. The van der Waals surface area contributed by atoms with E-state index in [2.05, 4.69) is 15.5 Å². The summed E-state index contributed by atoms with van der Waals surface area (Å²) in [6, 6.07) is -0.0976. The highest BCUT2D eigenvalue weighted by atomic mass is 16.5. The van der Waals surface area contributed by atoms with E-state index in [1.807, 2.05) is 0 Å². The van der Waals surface area contributed by atoms with Gasteiger partial charge in [0.1, 0.15) is 0 Å². The molecule has 2 saturated heterocycles. The van der Waals surface area contributed by atoms with Crippen LogP contribution in [-0.2, 0) is 14.3 Å². The number of carbonyl (C=O) groups is 1. The first-order valence-electron chi connectivity index (χ1n) is 6.63. The molecule has 2 rings (SSSR count). The van der Waals surface area contributed by atoms with Gasteiger partial charge < -0.3 is 20.1 Å². The first kappa shape index (κ1) is 13.7. The van der Waals surface area contributed by atoms with E-state index in [4.69, 9.17) is 9.47 Å².